The van der Waals surface area contributed by atoms with Gasteiger partial charge in [0, 0.05) is 13.0 Å². The van der Waals surface area contributed by atoms with Crippen molar-refractivity contribution in [2.45, 2.75) is 13.3 Å². The van der Waals surface area contributed by atoms with E-state index in [4.69, 9.17) is 0 Å². The number of aryl methyl sites for hydroxylation is 1. The first-order valence-electron chi connectivity index (χ1n) is 4.33. The molecule has 5 heteroatoms. The summed E-state index contributed by atoms with van der Waals surface area (Å²) in [6, 6.07) is 0. The minimum atomic E-state index is 0.0589. The number of nitrogens with one attached hydrogen (secondary N) is 1. The number of rotatable bonds is 2. The molecule has 5 nitrogen and oxygen atoms in total. The SMILES string of the molecule is CC1CC1C(=O)Nc1ncnn1C. The van der Waals surface area contributed by atoms with Crippen LogP contribution in [0.15, 0.2) is 6.33 Å². The summed E-state index contributed by atoms with van der Waals surface area (Å²) >= 11 is 0. The molecule has 1 aromatic rings. The maximum absolute atomic E-state index is 11.4. The quantitative estimate of drug-likeness (QED) is 0.717. The van der Waals surface area contributed by atoms with E-state index in [-0.39, 0.29) is 11.8 Å². The Bertz CT molecular complexity index is 333. The van der Waals surface area contributed by atoms with Crippen molar-refractivity contribution in [3.63, 3.8) is 0 Å². The van der Waals surface area contributed by atoms with Crippen molar-refractivity contribution in [1.82, 2.24) is 14.8 Å². The molecule has 2 rings (SSSR count). The Hall–Kier alpha value is -1.39. The predicted molar refractivity (Wildman–Crippen MR) is 46.9 cm³/mol. The van der Waals surface area contributed by atoms with Crippen LogP contribution in [0.2, 0.25) is 0 Å². The van der Waals surface area contributed by atoms with E-state index in [1.165, 1.54) is 6.33 Å². The molecule has 1 aliphatic carbocycles. The lowest BCUT2D eigenvalue weighted by Crippen LogP contribution is -2.17. The van der Waals surface area contributed by atoms with Crippen LogP contribution in [0, 0.1) is 11.8 Å². The average molecular weight is 180 g/mol. The minimum absolute atomic E-state index is 0.0589. The molecule has 0 radical (unpaired) electrons. The second-order valence-electron chi connectivity index (χ2n) is 3.52. The summed E-state index contributed by atoms with van der Waals surface area (Å²) in [5.74, 6) is 1.28. The van der Waals surface area contributed by atoms with Crippen molar-refractivity contribution < 1.29 is 4.79 Å². The molecule has 0 aromatic carbocycles. The van der Waals surface area contributed by atoms with Crippen LogP contribution >= 0.6 is 0 Å². The van der Waals surface area contributed by atoms with Crippen molar-refractivity contribution in [2.75, 3.05) is 5.32 Å². The lowest BCUT2D eigenvalue weighted by Gasteiger charge is -2.01. The van der Waals surface area contributed by atoms with Gasteiger partial charge in [-0.1, -0.05) is 6.92 Å². The number of aromatic nitrogens is 3. The number of nitrogens with zero attached hydrogens (tertiary/aromatic N) is 3. The maximum Gasteiger partial charge on any atom is 0.230 e. The molecule has 1 fully saturated rings. The van der Waals surface area contributed by atoms with E-state index >= 15 is 0 Å². The fraction of sp³-hybridized carbons (Fsp3) is 0.625. The number of amides is 1. The van der Waals surface area contributed by atoms with Crippen molar-refractivity contribution in [3.8, 4) is 0 Å². The summed E-state index contributed by atoms with van der Waals surface area (Å²) in [7, 11) is 1.75. The van der Waals surface area contributed by atoms with Gasteiger partial charge >= 0.3 is 0 Å². The van der Waals surface area contributed by atoms with Crippen molar-refractivity contribution in [3.05, 3.63) is 6.33 Å². The van der Waals surface area contributed by atoms with Crippen LogP contribution in [-0.4, -0.2) is 20.7 Å². The van der Waals surface area contributed by atoms with Gasteiger partial charge < -0.3 is 0 Å². The van der Waals surface area contributed by atoms with E-state index in [0.29, 0.717) is 11.9 Å². The molecule has 1 heterocycles. The zero-order chi connectivity index (χ0) is 9.42. The van der Waals surface area contributed by atoms with E-state index in [0.717, 1.165) is 6.42 Å². The Morgan fingerprint density at radius 3 is 2.92 bits per heavy atom. The molecule has 1 aromatic heterocycles. The molecule has 2 unspecified atom stereocenters. The second-order valence-corrected chi connectivity index (χ2v) is 3.52. The largest absolute Gasteiger partial charge is 0.294 e. The van der Waals surface area contributed by atoms with E-state index in [1.54, 1.807) is 11.7 Å². The van der Waals surface area contributed by atoms with Gasteiger partial charge in [-0.15, -0.1) is 0 Å². The molecule has 13 heavy (non-hydrogen) atoms. The van der Waals surface area contributed by atoms with Gasteiger partial charge in [0.1, 0.15) is 6.33 Å². The first-order valence-corrected chi connectivity index (χ1v) is 4.33. The van der Waals surface area contributed by atoms with Crippen LogP contribution in [-0.2, 0) is 11.8 Å². The molecule has 0 spiro atoms. The second kappa shape index (κ2) is 2.83. The van der Waals surface area contributed by atoms with Gasteiger partial charge in [-0.25, -0.2) is 4.68 Å². The summed E-state index contributed by atoms with van der Waals surface area (Å²) in [5, 5.41) is 6.59. The number of carbonyl (C=O) groups is 1. The Labute approximate surface area is 76.2 Å². The highest BCUT2D eigenvalue weighted by Crippen LogP contribution is 2.38. The van der Waals surface area contributed by atoms with Crippen LogP contribution in [0.1, 0.15) is 13.3 Å². The van der Waals surface area contributed by atoms with E-state index < -0.39 is 0 Å². The van der Waals surface area contributed by atoms with E-state index in [1.807, 2.05) is 0 Å². The first kappa shape index (κ1) is 8.22. The molecular weight excluding hydrogens is 168 g/mol. The number of carbonyl (C=O) groups excluding carboxylic acids is 1. The van der Waals surface area contributed by atoms with Crippen molar-refractivity contribution in [1.29, 1.82) is 0 Å². The number of hydrogen-bond acceptors (Lipinski definition) is 3. The molecule has 0 bridgehead atoms. The third kappa shape index (κ3) is 1.54. The van der Waals surface area contributed by atoms with Crippen molar-refractivity contribution in [2.24, 2.45) is 18.9 Å². The Morgan fingerprint density at radius 2 is 2.46 bits per heavy atom. The van der Waals surface area contributed by atoms with Crippen LogP contribution < -0.4 is 5.32 Å². The summed E-state index contributed by atoms with van der Waals surface area (Å²) < 4.78 is 1.55. The number of hydrogen-bond donors (Lipinski definition) is 1. The van der Waals surface area contributed by atoms with E-state index in [2.05, 4.69) is 22.3 Å². The molecule has 1 aliphatic rings. The summed E-state index contributed by atoms with van der Waals surface area (Å²) in [6.07, 6.45) is 2.41. The molecule has 1 N–H and O–H groups in total. The Morgan fingerprint density at radius 1 is 1.77 bits per heavy atom. The molecule has 1 saturated carbocycles. The molecular formula is C8H12N4O. The zero-order valence-corrected chi connectivity index (χ0v) is 7.69. The van der Waals surface area contributed by atoms with Crippen molar-refractivity contribution >= 4 is 11.9 Å². The fourth-order valence-electron chi connectivity index (χ4n) is 1.30. The van der Waals surface area contributed by atoms with Gasteiger partial charge in [0.25, 0.3) is 0 Å². The standard InChI is InChI=1S/C8H12N4O/c1-5-3-6(5)7(13)11-8-9-4-10-12(8)2/h4-6H,3H2,1-2H3,(H,9,10,11,13). The summed E-state index contributed by atoms with van der Waals surface area (Å²) in [5.41, 5.74) is 0. The fourth-order valence-corrected chi connectivity index (χ4v) is 1.30. The number of anilines is 1. The topological polar surface area (TPSA) is 59.8 Å². The average Bonchev–Trinajstić information content (AvgIpc) is 2.68. The van der Waals surface area contributed by atoms with Gasteiger partial charge in [0.15, 0.2) is 0 Å². The highest BCUT2D eigenvalue weighted by atomic mass is 16.2. The smallest absolute Gasteiger partial charge is 0.230 e. The van der Waals surface area contributed by atoms with Gasteiger partial charge in [-0.05, 0) is 12.3 Å². The Balaban J connectivity index is 1.99. The van der Waals surface area contributed by atoms with Gasteiger partial charge in [0.2, 0.25) is 11.9 Å². The third-order valence-corrected chi connectivity index (χ3v) is 2.39. The summed E-state index contributed by atoms with van der Waals surface area (Å²) in [4.78, 5) is 15.4. The molecule has 0 aliphatic heterocycles. The monoisotopic (exact) mass is 180 g/mol. The molecule has 1 amide bonds. The van der Waals surface area contributed by atoms with Gasteiger partial charge in [0.05, 0.1) is 0 Å². The summed E-state index contributed by atoms with van der Waals surface area (Å²) in [6.45, 7) is 2.07. The third-order valence-electron chi connectivity index (χ3n) is 2.39. The van der Waals surface area contributed by atoms with Gasteiger partial charge in [-0.3, -0.25) is 10.1 Å². The first-order chi connectivity index (χ1) is 6.18. The van der Waals surface area contributed by atoms with Gasteiger partial charge in [-0.2, -0.15) is 10.1 Å². The van der Waals surface area contributed by atoms with Crippen LogP contribution in [0.25, 0.3) is 0 Å². The van der Waals surface area contributed by atoms with Crippen LogP contribution in [0.5, 0.6) is 0 Å². The Kier molecular flexibility index (Phi) is 1.79. The maximum atomic E-state index is 11.4. The highest BCUT2D eigenvalue weighted by molar-refractivity contribution is 5.92. The lowest BCUT2D eigenvalue weighted by atomic mass is 10.3. The lowest BCUT2D eigenvalue weighted by molar-refractivity contribution is -0.117. The van der Waals surface area contributed by atoms with Crippen LogP contribution in [0.4, 0.5) is 5.95 Å². The van der Waals surface area contributed by atoms with Crippen LogP contribution in [0.3, 0.4) is 0 Å². The zero-order valence-electron chi connectivity index (χ0n) is 7.69. The minimum Gasteiger partial charge on any atom is -0.294 e. The predicted octanol–water partition coefficient (Wildman–Crippen LogP) is 0.410. The highest BCUT2D eigenvalue weighted by Gasteiger charge is 2.39. The molecule has 2 atom stereocenters. The normalized spacial score (nSPS) is 25.7. The molecule has 70 valence electrons. The van der Waals surface area contributed by atoms with E-state index in [9.17, 15) is 4.79 Å². The molecule has 0 saturated heterocycles.